The van der Waals surface area contributed by atoms with E-state index in [2.05, 4.69) is 29.1 Å². The first-order chi connectivity index (χ1) is 7.33. The van der Waals surface area contributed by atoms with E-state index in [0.717, 1.165) is 11.5 Å². The minimum absolute atomic E-state index is 0.602. The fraction of sp³-hybridized carbons (Fsp3) is 0.500. The number of hydrogen-bond donors (Lipinski definition) is 0. The molecule has 2 aromatic rings. The summed E-state index contributed by atoms with van der Waals surface area (Å²) < 4.78 is 1.89. The number of fused-ring (bicyclic) bond motifs is 1. The largest absolute Gasteiger partial charge is 0.221 e. The molecule has 3 rings (SSSR count). The lowest BCUT2D eigenvalue weighted by Gasteiger charge is -2.00. The summed E-state index contributed by atoms with van der Waals surface area (Å²) in [6, 6.07) is 4.16. The van der Waals surface area contributed by atoms with Gasteiger partial charge in [-0.05, 0) is 37.5 Å². The minimum Gasteiger partial charge on any atom is -0.221 e. The van der Waals surface area contributed by atoms with Gasteiger partial charge >= 0.3 is 0 Å². The Labute approximate surface area is 89.1 Å². The molecule has 0 amide bonds. The molecule has 0 bridgehead atoms. The Morgan fingerprint density at radius 1 is 1.33 bits per heavy atom. The van der Waals surface area contributed by atoms with Crippen molar-refractivity contribution in [1.82, 2.24) is 14.6 Å². The van der Waals surface area contributed by atoms with Gasteiger partial charge in [0.1, 0.15) is 0 Å². The van der Waals surface area contributed by atoms with Crippen molar-refractivity contribution in [1.29, 1.82) is 0 Å². The topological polar surface area (TPSA) is 30.2 Å². The molecule has 1 fully saturated rings. The van der Waals surface area contributed by atoms with Crippen LogP contribution in [0.25, 0.3) is 5.65 Å². The summed E-state index contributed by atoms with van der Waals surface area (Å²) in [6.07, 6.45) is 7.18. The highest BCUT2D eigenvalue weighted by Crippen LogP contribution is 2.32. The molecule has 3 nitrogen and oxygen atoms in total. The molecular formula is C12H15N3. The lowest BCUT2D eigenvalue weighted by atomic mass is 10.1. The molecule has 0 aromatic carbocycles. The lowest BCUT2D eigenvalue weighted by molar-refractivity contribution is 0.666. The van der Waals surface area contributed by atoms with Crippen molar-refractivity contribution < 1.29 is 0 Å². The maximum Gasteiger partial charge on any atom is 0.155 e. The molecule has 0 saturated heterocycles. The van der Waals surface area contributed by atoms with Crippen molar-refractivity contribution in [3.05, 3.63) is 29.7 Å². The van der Waals surface area contributed by atoms with Gasteiger partial charge in [0.15, 0.2) is 11.5 Å². The van der Waals surface area contributed by atoms with Gasteiger partial charge in [-0.25, -0.2) is 9.50 Å². The molecule has 0 radical (unpaired) electrons. The Kier molecular flexibility index (Phi) is 1.97. The predicted octanol–water partition coefficient (Wildman–Crippen LogP) is 2.70. The third-order valence-electron chi connectivity index (χ3n) is 3.23. The molecule has 0 spiro atoms. The van der Waals surface area contributed by atoms with Crippen LogP contribution in [0.2, 0.25) is 0 Å². The van der Waals surface area contributed by atoms with Crippen LogP contribution in [-0.4, -0.2) is 14.6 Å². The van der Waals surface area contributed by atoms with E-state index in [4.69, 9.17) is 0 Å². The second kappa shape index (κ2) is 3.33. The molecule has 0 aliphatic heterocycles. The first-order valence-corrected chi connectivity index (χ1v) is 5.66. The van der Waals surface area contributed by atoms with E-state index in [0.29, 0.717) is 5.92 Å². The molecule has 0 N–H and O–H groups in total. The van der Waals surface area contributed by atoms with E-state index in [9.17, 15) is 0 Å². The Morgan fingerprint density at radius 3 is 2.93 bits per heavy atom. The van der Waals surface area contributed by atoms with Crippen LogP contribution >= 0.6 is 0 Å². The molecule has 78 valence electrons. The standard InChI is InChI=1S/C12H15N3/c1-9-6-7-15-11(8-9)13-12(14-15)10-4-2-3-5-10/h6-8,10H,2-5H2,1H3. The second-order valence-corrected chi connectivity index (χ2v) is 4.46. The zero-order chi connectivity index (χ0) is 10.3. The van der Waals surface area contributed by atoms with Crippen molar-refractivity contribution in [2.75, 3.05) is 0 Å². The van der Waals surface area contributed by atoms with E-state index >= 15 is 0 Å². The maximum atomic E-state index is 4.61. The molecule has 3 heteroatoms. The average Bonchev–Trinajstić information content (AvgIpc) is 2.84. The van der Waals surface area contributed by atoms with Gasteiger partial charge in [0, 0.05) is 12.1 Å². The summed E-state index contributed by atoms with van der Waals surface area (Å²) in [5.74, 6) is 1.64. The number of aromatic nitrogens is 3. The van der Waals surface area contributed by atoms with Crippen LogP contribution in [0.1, 0.15) is 43.0 Å². The molecule has 0 unspecified atom stereocenters. The normalized spacial score (nSPS) is 17.7. The van der Waals surface area contributed by atoms with Crippen LogP contribution in [0, 0.1) is 6.92 Å². The van der Waals surface area contributed by atoms with E-state index in [1.165, 1.54) is 31.2 Å². The van der Waals surface area contributed by atoms with Gasteiger partial charge in [-0.15, -0.1) is 0 Å². The van der Waals surface area contributed by atoms with Gasteiger partial charge in [0.2, 0.25) is 0 Å². The van der Waals surface area contributed by atoms with E-state index < -0.39 is 0 Å². The van der Waals surface area contributed by atoms with Crippen LogP contribution in [0.3, 0.4) is 0 Å². The number of nitrogens with zero attached hydrogens (tertiary/aromatic N) is 3. The highest BCUT2D eigenvalue weighted by atomic mass is 15.3. The average molecular weight is 201 g/mol. The van der Waals surface area contributed by atoms with Crippen LogP contribution in [0.5, 0.6) is 0 Å². The number of pyridine rings is 1. The van der Waals surface area contributed by atoms with Crippen molar-refractivity contribution in [3.63, 3.8) is 0 Å². The number of aryl methyl sites for hydroxylation is 1. The van der Waals surface area contributed by atoms with Crippen molar-refractivity contribution in [2.45, 2.75) is 38.5 Å². The van der Waals surface area contributed by atoms with Crippen molar-refractivity contribution in [2.24, 2.45) is 0 Å². The summed E-state index contributed by atoms with van der Waals surface area (Å²) in [5.41, 5.74) is 2.23. The highest BCUT2D eigenvalue weighted by Gasteiger charge is 2.21. The van der Waals surface area contributed by atoms with E-state index in [1.807, 2.05) is 10.7 Å². The quantitative estimate of drug-likeness (QED) is 0.710. The van der Waals surface area contributed by atoms with Crippen LogP contribution in [0.15, 0.2) is 18.3 Å². The fourth-order valence-electron chi connectivity index (χ4n) is 2.36. The molecule has 15 heavy (non-hydrogen) atoms. The first kappa shape index (κ1) is 8.89. The molecule has 1 aliphatic carbocycles. The molecule has 2 aromatic heterocycles. The number of rotatable bonds is 1. The molecule has 1 aliphatic rings. The van der Waals surface area contributed by atoms with Gasteiger partial charge in [-0.2, -0.15) is 5.10 Å². The maximum absolute atomic E-state index is 4.61. The molecule has 2 heterocycles. The van der Waals surface area contributed by atoms with Crippen LogP contribution < -0.4 is 0 Å². The third kappa shape index (κ3) is 1.52. The monoisotopic (exact) mass is 201 g/mol. The van der Waals surface area contributed by atoms with E-state index in [-0.39, 0.29) is 0 Å². The Balaban J connectivity index is 2.05. The smallest absolute Gasteiger partial charge is 0.155 e. The van der Waals surface area contributed by atoms with E-state index in [1.54, 1.807) is 0 Å². The zero-order valence-corrected chi connectivity index (χ0v) is 8.98. The third-order valence-corrected chi connectivity index (χ3v) is 3.23. The van der Waals surface area contributed by atoms with Gasteiger partial charge in [0.25, 0.3) is 0 Å². The zero-order valence-electron chi connectivity index (χ0n) is 8.98. The Hall–Kier alpha value is -1.38. The molecule has 1 saturated carbocycles. The lowest BCUT2D eigenvalue weighted by Crippen LogP contribution is -1.95. The Bertz CT molecular complexity index is 481. The summed E-state index contributed by atoms with van der Waals surface area (Å²) in [7, 11) is 0. The SMILES string of the molecule is Cc1ccn2nc(C3CCCC3)nc2c1. The van der Waals surface area contributed by atoms with Crippen molar-refractivity contribution >= 4 is 5.65 Å². The predicted molar refractivity (Wildman–Crippen MR) is 58.9 cm³/mol. The minimum atomic E-state index is 0.602. The van der Waals surface area contributed by atoms with Gasteiger partial charge in [0.05, 0.1) is 0 Å². The van der Waals surface area contributed by atoms with Crippen molar-refractivity contribution in [3.8, 4) is 0 Å². The van der Waals surface area contributed by atoms with Gasteiger partial charge in [-0.1, -0.05) is 12.8 Å². The summed E-state index contributed by atoms with van der Waals surface area (Å²) >= 11 is 0. The summed E-state index contributed by atoms with van der Waals surface area (Å²) in [6.45, 7) is 2.09. The first-order valence-electron chi connectivity index (χ1n) is 5.66. The molecular weight excluding hydrogens is 186 g/mol. The molecule has 0 atom stereocenters. The van der Waals surface area contributed by atoms with Crippen LogP contribution in [-0.2, 0) is 0 Å². The van der Waals surface area contributed by atoms with Gasteiger partial charge < -0.3 is 0 Å². The van der Waals surface area contributed by atoms with Gasteiger partial charge in [-0.3, -0.25) is 0 Å². The fourth-order valence-corrected chi connectivity index (χ4v) is 2.36. The summed E-state index contributed by atoms with van der Waals surface area (Å²) in [5, 5.41) is 4.54. The Morgan fingerprint density at radius 2 is 2.13 bits per heavy atom. The number of hydrogen-bond acceptors (Lipinski definition) is 2. The summed E-state index contributed by atoms with van der Waals surface area (Å²) in [4.78, 5) is 4.61. The highest BCUT2D eigenvalue weighted by molar-refractivity contribution is 5.40. The second-order valence-electron chi connectivity index (χ2n) is 4.46. The van der Waals surface area contributed by atoms with Crippen LogP contribution in [0.4, 0.5) is 0 Å².